The van der Waals surface area contributed by atoms with Crippen LogP contribution in [0, 0.1) is 0 Å². The molecule has 0 aliphatic carbocycles. The van der Waals surface area contributed by atoms with Gasteiger partial charge in [-0.25, -0.2) is 0 Å². The highest BCUT2D eigenvalue weighted by Gasteiger charge is 2.08. The molecule has 0 aliphatic heterocycles. The van der Waals surface area contributed by atoms with E-state index in [1.807, 2.05) is 30.3 Å². The van der Waals surface area contributed by atoms with Crippen molar-refractivity contribution in [1.29, 1.82) is 0 Å². The zero-order valence-corrected chi connectivity index (χ0v) is 9.27. The van der Waals surface area contributed by atoms with E-state index < -0.39 is 0 Å². The molecule has 3 rings (SSSR count). The van der Waals surface area contributed by atoms with Crippen LogP contribution in [-0.4, -0.2) is 5.11 Å². The lowest BCUT2D eigenvalue weighted by Crippen LogP contribution is -1.74. The lowest BCUT2D eigenvalue weighted by Gasteiger charge is -2.01. The van der Waals surface area contributed by atoms with Crippen molar-refractivity contribution in [2.75, 3.05) is 0 Å². The minimum Gasteiger partial charge on any atom is -0.506 e. The number of fused-ring (bicyclic) bond motifs is 3. The predicted octanol–water partition coefficient (Wildman–Crippen LogP) is 4.41. The van der Waals surface area contributed by atoms with Gasteiger partial charge in [0.15, 0.2) is 0 Å². The number of thiophene rings is 1. The van der Waals surface area contributed by atoms with Crippen LogP contribution in [0.2, 0.25) is 5.02 Å². The van der Waals surface area contributed by atoms with Crippen LogP contribution in [0.15, 0.2) is 35.7 Å². The molecule has 0 atom stereocenters. The zero-order chi connectivity index (χ0) is 10.4. The van der Waals surface area contributed by atoms with E-state index in [1.165, 1.54) is 11.3 Å². The molecule has 0 saturated carbocycles. The molecule has 74 valence electrons. The average molecular weight is 235 g/mol. The Kier molecular flexibility index (Phi) is 1.87. The maximum absolute atomic E-state index is 9.63. The topological polar surface area (TPSA) is 20.2 Å². The second-order valence-corrected chi connectivity index (χ2v) is 4.69. The molecule has 0 aliphatic rings. The first kappa shape index (κ1) is 9.01. The molecule has 3 aromatic rings. The first-order chi connectivity index (χ1) is 7.27. The number of halogens is 1. The third-order valence-electron chi connectivity index (χ3n) is 2.51. The van der Waals surface area contributed by atoms with E-state index in [4.69, 9.17) is 11.6 Å². The third kappa shape index (κ3) is 1.22. The standard InChI is InChI=1S/C12H7ClOS/c13-9-3-1-2-7-4-5-8-10(14)6-15-12(8)11(7)9/h1-6,14H. The molecular weight excluding hydrogens is 228 g/mol. The molecule has 0 unspecified atom stereocenters. The van der Waals surface area contributed by atoms with Crippen LogP contribution >= 0.6 is 22.9 Å². The predicted molar refractivity (Wildman–Crippen MR) is 66.0 cm³/mol. The van der Waals surface area contributed by atoms with Gasteiger partial charge in [0.1, 0.15) is 5.75 Å². The fourth-order valence-corrected chi connectivity index (χ4v) is 3.14. The highest BCUT2D eigenvalue weighted by Crippen LogP contribution is 2.39. The van der Waals surface area contributed by atoms with E-state index in [-0.39, 0.29) is 0 Å². The van der Waals surface area contributed by atoms with Crippen molar-refractivity contribution in [3.05, 3.63) is 40.7 Å². The van der Waals surface area contributed by atoms with Crippen molar-refractivity contribution in [2.45, 2.75) is 0 Å². The summed E-state index contributed by atoms with van der Waals surface area (Å²) in [4.78, 5) is 0. The lowest BCUT2D eigenvalue weighted by molar-refractivity contribution is 0.484. The molecule has 1 N–H and O–H groups in total. The van der Waals surface area contributed by atoms with Gasteiger partial charge in [0.2, 0.25) is 0 Å². The molecule has 2 aromatic carbocycles. The smallest absolute Gasteiger partial charge is 0.134 e. The second kappa shape index (κ2) is 3.12. The van der Waals surface area contributed by atoms with E-state index in [9.17, 15) is 5.11 Å². The summed E-state index contributed by atoms with van der Waals surface area (Å²) in [5.74, 6) is 0.330. The quantitative estimate of drug-likeness (QED) is 0.611. The van der Waals surface area contributed by atoms with E-state index in [0.717, 1.165) is 25.9 Å². The second-order valence-electron chi connectivity index (χ2n) is 3.40. The Labute approximate surface area is 95.5 Å². The van der Waals surface area contributed by atoms with Crippen LogP contribution in [-0.2, 0) is 0 Å². The Balaban J connectivity index is 2.64. The molecule has 0 radical (unpaired) electrons. The molecular formula is C12H7ClOS. The van der Waals surface area contributed by atoms with Gasteiger partial charge in [-0.2, -0.15) is 0 Å². The molecule has 15 heavy (non-hydrogen) atoms. The minimum atomic E-state index is 0.330. The van der Waals surface area contributed by atoms with E-state index in [1.54, 1.807) is 5.38 Å². The summed E-state index contributed by atoms with van der Waals surface area (Å²) in [7, 11) is 0. The van der Waals surface area contributed by atoms with Gasteiger partial charge < -0.3 is 5.11 Å². The number of benzene rings is 2. The summed E-state index contributed by atoms with van der Waals surface area (Å²) in [6.45, 7) is 0. The van der Waals surface area contributed by atoms with Gasteiger partial charge in [-0.15, -0.1) is 11.3 Å². The van der Waals surface area contributed by atoms with Crippen LogP contribution in [0.3, 0.4) is 0 Å². The number of rotatable bonds is 0. The summed E-state index contributed by atoms with van der Waals surface area (Å²) >= 11 is 7.69. The number of aromatic hydroxyl groups is 1. The van der Waals surface area contributed by atoms with Crippen molar-refractivity contribution in [3.63, 3.8) is 0 Å². The third-order valence-corrected chi connectivity index (χ3v) is 3.83. The largest absolute Gasteiger partial charge is 0.506 e. The highest BCUT2D eigenvalue weighted by atomic mass is 35.5. The summed E-state index contributed by atoms with van der Waals surface area (Å²) in [6.07, 6.45) is 0. The number of hydrogen-bond donors (Lipinski definition) is 1. The first-order valence-corrected chi connectivity index (χ1v) is 5.80. The normalized spacial score (nSPS) is 11.3. The van der Waals surface area contributed by atoms with Crippen LogP contribution in [0.5, 0.6) is 5.75 Å². The molecule has 0 fully saturated rings. The molecule has 1 nitrogen and oxygen atoms in total. The van der Waals surface area contributed by atoms with Gasteiger partial charge in [-0.3, -0.25) is 0 Å². The van der Waals surface area contributed by atoms with Gasteiger partial charge in [-0.1, -0.05) is 29.8 Å². The zero-order valence-electron chi connectivity index (χ0n) is 7.70. The van der Waals surface area contributed by atoms with Gasteiger partial charge >= 0.3 is 0 Å². The summed E-state index contributed by atoms with van der Waals surface area (Å²) in [5, 5.41) is 15.1. The van der Waals surface area contributed by atoms with Gasteiger partial charge in [0, 0.05) is 25.9 Å². The molecule has 0 bridgehead atoms. The van der Waals surface area contributed by atoms with Gasteiger partial charge in [0.05, 0.1) is 0 Å². The number of hydrogen-bond acceptors (Lipinski definition) is 2. The van der Waals surface area contributed by atoms with E-state index >= 15 is 0 Å². The Morgan fingerprint density at radius 3 is 2.87 bits per heavy atom. The Morgan fingerprint density at radius 1 is 1.13 bits per heavy atom. The first-order valence-electron chi connectivity index (χ1n) is 4.55. The van der Waals surface area contributed by atoms with E-state index in [2.05, 4.69) is 0 Å². The van der Waals surface area contributed by atoms with Crippen molar-refractivity contribution >= 4 is 43.8 Å². The maximum atomic E-state index is 9.63. The Bertz CT molecular complexity index is 657. The highest BCUT2D eigenvalue weighted by molar-refractivity contribution is 7.18. The van der Waals surface area contributed by atoms with Crippen LogP contribution in [0.4, 0.5) is 0 Å². The molecule has 1 heterocycles. The fourth-order valence-electron chi connectivity index (χ4n) is 1.81. The van der Waals surface area contributed by atoms with Crippen molar-refractivity contribution in [1.82, 2.24) is 0 Å². The van der Waals surface area contributed by atoms with Crippen molar-refractivity contribution < 1.29 is 5.11 Å². The van der Waals surface area contributed by atoms with Crippen LogP contribution < -0.4 is 0 Å². The van der Waals surface area contributed by atoms with Gasteiger partial charge in [-0.05, 0) is 17.5 Å². The average Bonchev–Trinajstić information content (AvgIpc) is 2.61. The minimum absolute atomic E-state index is 0.330. The Hall–Kier alpha value is -1.25. The maximum Gasteiger partial charge on any atom is 0.134 e. The summed E-state index contributed by atoms with van der Waals surface area (Å²) in [5.41, 5.74) is 0. The SMILES string of the molecule is Oc1csc2c1ccc1cccc(Cl)c12. The molecule has 1 aromatic heterocycles. The fraction of sp³-hybridized carbons (Fsp3) is 0. The van der Waals surface area contributed by atoms with E-state index in [0.29, 0.717) is 5.75 Å². The van der Waals surface area contributed by atoms with Crippen molar-refractivity contribution in [2.24, 2.45) is 0 Å². The van der Waals surface area contributed by atoms with Crippen LogP contribution in [0.1, 0.15) is 0 Å². The monoisotopic (exact) mass is 234 g/mol. The van der Waals surface area contributed by atoms with Gasteiger partial charge in [0.25, 0.3) is 0 Å². The molecule has 0 spiro atoms. The Morgan fingerprint density at radius 2 is 2.00 bits per heavy atom. The summed E-state index contributed by atoms with van der Waals surface area (Å²) in [6, 6.07) is 9.75. The molecule has 0 saturated heterocycles. The molecule has 0 amide bonds. The van der Waals surface area contributed by atoms with Crippen molar-refractivity contribution in [3.8, 4) is 5.75 Å². The summed E-state index contributed by atoms with van der Waals surface area (Å²) < 4.78 is 1.05. The van der Waals surface area contributed by atoms with Crippen LogP contribution in [0.25, 0.3) is 20.9 Å². The molecule has 3 heteroatoms. The lowest BCUT2D eigenvalue weighted by atomic mass is 10.1.